The fourth-order valence-corrected chi connectivity index (χ4v) is 1.86. The summed E-state index contributed by atoms with van der Waals surface area (Å²) in [5, 5.41) is 6.36. The molecule has 114 valence electrons. The van der Waals surface area contributed by atoms with Crippen LogP contribution in [0.1, 0.15) is 32.8 Å². The maximum Gasteiger partial charge on any atom is 0.407 e. The van der Waals surface area contributed by atoms with E-state index in [1.807, 2.05) is 51.1 Å². The Balaban J connectivity index is 2.63. The topological polar surface area (TPSA) is 87.1 Å². The van der Waals surface area contributed by atoms with Crippen LogP contribution < -0.4 is 5.32 Å². The smallest absolute Gasteiger partial charge is 0.407 e. The molecule has 0 aromatic heterocycles. The maximum absolute atomic E-state index is 11.9. The number of ether oxygens (including phenoxy) is 1. The van der Waals surface area contributed by atoms with Crippen LogP contribution in [-0.4, -0.2) is 24.3 Å². The Morgan fingerprint density at radius 1 is 1.38 bits per heavy atom. The Kier molecular flexibility index (Phi) is 6.56. The van der Waals surface area contributed by atoms with Gasteiger partial charge in [-0.1, -0.05) is 35.4 Å². The lowest BCUT2D eigenvalue weighted by Gasteiger charge is -2.23. The molecule has 1 aromatic carbocycles. The predicted octanol–water partition coefficient (Wildman–Crippen LogP) is 3.82. The summed E-state index contributed by atoms with van der Waals surface area (Å²) < 4.78 is 5.26. The normalized spacial score (nSPS) is 12.1. The van der Waals surface area contributed by atoms with Gasteiger partial charge >= 0.3 is 6.09 Å². The van der Waals surface area contributed by atoms with Crippen molar-refractivity contribution in [3.63, 3.8) is 0 Å². The van der Waals surface area contributed by atoms with E-state index in [1.54, 1.807) is 0 Å². The van der Waals surface area contributed by atoms with E-state index in [1.165, 1.54) is 0 Å². The molecule has 6 heteroatoms. The van der Waals surface area contributed by atoms with Crippen molar-refractivity contribution in [2.75, 3.05) is 6.54 Å². The lowest BCUT2D eigenvalue weighted by Crippen LogP contribution is -2.40. The van der Waals surface area contributed by atoms with Crippen LogP contribution in [0.15, 0.2) is 35.4 Å². The number of rotatable bonds is 6. The Morgan fingerprint density at radius 3 is 2.62 bits per heavy atom. The van der Waals surface area contributed by atoms with E-state index in [0.29, 0.717) is 19.4 Å². The largest absolute Gasteiger partial charge is 0.444 e. The van der Waals surface area contributed by atoms with Gasteiger partial charge in [0.1, 0.15) is 5.60 Å². The molecule has 0 unspecified atom stereocenters. The molecule has 0 fully saturated rings. The van der Waals surface area contributed by atoms with Gasteiger partial charge in [0.2, 0.25) is 0 Å². The lowest BCUT2D eigenvalue weighted by molar-refractivity contribution is 0.0502. The van der Waals surface area contributed by atoms with Gasteiger partial charge in [0.05, 0.1) is 0 Å². The number of alkyl carbamates (subject to hydrolysis) is 1. The molecule has 0 saturated carbocycles. The molecule has 0 saturated heterocycles. The van der Waals surface area contributed by atoms with E-state index in [-0.39, 0.29) is 6.04 Å². The molecule has 0 bridgehead atoms. The van der Waals surface area contributed by atoms with Gasteiger partial charge in [-0.3, -0.25) is 0 Å². The van der Waals surface area contributed by atoms with Crippen molar-refractivity contribution in [2.24, 2.45) is 5.11 Å². The quantitative estimate of drug-likeness (QED) is 0.490. The summed E-state index contributed by atoms with van der Waals surface area (Å²) in [6, 6.07) is 9.71. The van der Waals surface area contributed by atoms with Gasteiger partial charge in [0.25, 0.3) is 0 Å². The molecular weight excluding hydrogens is 268 g/mol. The molecular formula is C15H22N4O2. The first-order valence-corrected chi connectivity index (χ1v) is 6.95. The highest BCUT2D eigenvalue weighted by atomic mass is 16.6. The Labute approximate surface area is 125 Å². The minimum absolute atomic E-state index is 0.132. The molecule has 0 heterocycles. The SMILES string of the molecule is CC(C)(C)OC(=O)N[C@H](CCN=[N+]=[N-])Cc1ccccc1. The van der Waals surface area contributed by atoms with Crippen molar-refractivity contribution in [1.29, 1.82) is 0 Å². The number of amides is 1. The molecule has 0 aliphatic heterocycles. The van der Waals surface area contributed by atoms with Crippen LogP contribution in [0.4, 0.5) is 4.79 Å². The fourth-order valence-electron chi connectivity index (χ4n) is 1.86. The van der Waals surface area contributed by atoms with E-state index in [0.717, 1.165) is 5.56 Å². The Morgan fingerprint density at radius 2 is 2.05 bits per heavy atom. The summed E-state index contributed by atoms with van der Waals surface area (Å²) in [5.41, 5.74) is 8.93. The molecule has 1 rings (SSSR count). The highest BCUT2D eigenvalue weighted by molar-refractivity contribution is 5.68. The van der Waals surface area contributed by atoms with Gasteiger partial charge in [0.15, 0.2) is 0 Å². The minimum Gasteiger partial charge on any atom is -0.444 e. The minimum atomic E-state index is -0.536. The molecule has 0 aliphatic rings. The van der Waals surface area contributed by atoms with Crippen molar-refractivity contribution in [3.8, 4) is 0 Å². The summed E-state index contributed by atoms with van der Waals surface area (Å²) in [6.07, 6.45) is 0.781. The van der Waals surface area contributed by atoms with Crippen molar-refractivity contribution in [1.82, 2.24) is 5.32 Å². The third-order valence-corrected chi connectivity index (χ3v) is 2.69. The number of nitrogens with one attached hydrogen (secondary N) is 1. The van der Waals surface area contributed by atoms with E-state index in [2.05, 4.69) is 15.3 Å². The average molecular weight is 290 g/mol. The van der Waals surface area contributed by atoms with E-state index in [9.17, 15) is 4.79 Å². The molecule has 0 spiro atoms. The first kappa shape index (κ1) is 16.9. The summed E-state index contributed by atoms with van der Waals surface area (Å²) in [5.74, 6) is 0. The summed E-state index contributed by atoms with van der Waals surface area (Å²) in [6.45, 7) is 5.79. The highest BCUT2D eigenvalue weighted by Gasteiger charge is 2.19. The van der Waals surface area contributed by atoms with Crippen molar-refractivity contribution in [3.05, 3.63) is 46.3 Å². The van der Waals surface area contributed by atoms with Gasteiger partial charge in [-0.15, -0.1) is 0 Å². The monoisotopic (exact) mass is 290 g/mol. The zero-order valence-corrected chi connectivity index (χ0v) is 12.7. The maximum atomic E-state index is 11.9. The van der Waals surface area contributed by atoms with Crippen LogP contribution in [0.3, 0.4) is 0 Å². The Hall–Kier alpha value is -2.20. The lowest BCUT2D eigenvalue weighted by atomic mass is 10.0. The number of hydrogen-bond donors (Lipinski definition) is 1. The molecule has 21 heavy (non-hydrogen) atoms. The number of benzene rings is 1. The van der Waals surface area contributed by atoms with E-state index < -0.39 is 11.7 Å². The number of carbonyl (C=O) groups excluding carboxylic acids is 1. The summed E-state index contributed by atoms with van der Waals surface area (Å²) >= 11 is 0. The van der Waals surface area contributed by atoms with Gasteiger partial charge in [-0.05, 0) is 44.7 Å². The zero-order valence-electron chi connectivity index (χ0n) is 12.7. The van der Waals surface area contributed by atoms with Crippen LogP contribution in [0.5, 0.6) is 0 Å². The fraction of sp³-hybridized carbons (Fsp3) is 0.533. The molecule has 0 radical (unpaired) electrons. The number of carbonyl (C=O) groups is 1. The number of nitrogens with zero attached hydrogens (tertiary/aromatic N) is 3. The van der Waals surface area contributed by atoms with E-state index >= 15 is 0 Å². The van der Waals surface area contributed by atoms with Crippen LogP contribution >= 0.6 is 0 Å². The standard InChI is InChI=1S/C15H22N4O2/c1-15(2,3)21-14(20)18-13(9-10-17-19-16)11-12-7-5-4-6-8-12/h4-8,13H,9-11H2,1-3H3,(H,18,20)/t13-/m1/s1. The summed E-state index contributed by atoms with van der Waals surface area (Å²) in [4.78, 5) is 14.6. The van der Waals surface area contributed by atoms with Gasteiger partial charge in [0, 0.05) is 17.5 Å². The van der Waals surface area contributed by atoms with Gasteiger partial charge < -0.3 is 10.1 Å². The third-order valence-electron chi connectivity index (χ3n) is 2.69. The second-order valence-electron chi connectivity index (χ2n) is 5.78. The highest BCUT2D eigenvalue weighted by Crippen LogP contribution is 2.10. The van der Waals surface area contributed by atoms with Crippen LogP contribution in [0.2, 0.25) is 0 Å². The van der Waals surface area contributed by atoms with Crippen LogP contribution in [-0.2, 0) is 11.2 Å². The summed E-state index contributed by atoms with van der Waals surface area (Å²) in [7, 11) is 0. The first-order valence-electron chi connectivity index (χ1n) is 6.95. The van der Waals surface area contributed by atoms with Crippen molar-refractivity contribution in [2.45, 2.75) is 45.3 Å². The van der Waals surface area contributed by atoms with Gasteiger partial charge in [-0.2, -0.15) is 0 Å². The van der Waals surface area contributed by atoms with Crippen molar-refractivity contribution < 1.29 is 9.53 Å². The second-order valence-corrected chi connectivity index (χ2v) is 5.78. The number of hydrogen-bond acceptors (Lipinski definition) is 3. The van der Waals surface area contributed by atoms with Crippen LogP contribution in [0, 0.1) is 0 Å². The van der Waals surface area contributed by atoms with Crippen molar-refractivity contribution >= 4 is 6.09 Å². The molecule has 6 nitrogen and oxygen atoms in total. The Bertz CT molecular complexity index is 490. The van der Waals surface area contributed by atoms with E-state index in [4.69, 9.17) is 10.3 Å². The second kappa shape index (κ2) is 8.17. The third kappa shape index (κ3) is 7.84. The molecule has 1 N–H and O–H groups in total. The predicted molar refractivity (Wildman–Crippen MR) is 81.9 cm³/mol. The van der Waals surface area contributed by atoms with Gasteiger partial charge in [-0.25, -0.2) is 4.79 Å². The van der Waals surface area contributed by atoms with Crippen LogP contribution in [0.25, 0.3) is 10.4 Å². The molecule has 1 aromatic rings. The molecule has 0 aliphatic carbocycles. The average Bonchev–Trinajstić information content (AvgIpc) is 2.37. The number of azide groups is 1. The molecule has 1 atom stereocenters. The molecule has 1 amide bonds. The first-order chi connectivity index (χ1) is 9.90. The zero-order chi connectivity index (χ0) is 15.7.